The second-order valence-corrected chi connectivity index (χ2v) is 8.53. The van der Waals surface area contributed by atoms with Gasteiger partial charge in [-0.1, -0.05) is 41.1 Å². The Morgan fingerprint density at radius 3 is 2.89 bits per heavy atom. The molecule has 5 nitrogen and oxygen atoms in total. The van der Waals surface area contributed by atoms with Crippen LogP contribution in [0.5, 0.6) is 0 Å². The van der Waals surface area contributed by atoms with Gasteiger partial charge in [-0.15, -0.1) is 0 Å². The van der Waals surface area contributed by atoms with Crippen LogP contribution in [0.2, 0.25) is 5.02 Å². The molecular weight excluding hydrogens is 392 g/mol. The van der Waals surface area contributed by atoms with E-state index in [1.54, 1.807) is 16.0 Å². The monoisotopic (exact) mass is 408 g/mol. The summed E-state index contributed by atoms with van der Waals surface area (Å²) in [6, 6.07) is 13.9. The topological polar surface area (TPSA) is 59.8 Å². The quantitative estimate of drug-likeness (QED) is 0.494. The van der Waals surface area contributed by atoms with Gasteiger partial charge in [-0.3, -0.25) is 4.79 Å². The van der Waals surface area contributed by atoms with Crippen LogP contribution in [0.3, 0.4) is 0 Å². The van der Waals surface area contributed by atoms with E-state index in [0.717, 1.165) is 32.2 Å². The van der Waals surface area contributed by atoms with E-state index in [0.29, 0.717) is 17.3 Å². The highest BCUT2D eigenvalue weighted by molar-refractivity contribution is 7.20. The van der Waals surface area contributed by atoms with Crippen molar-refractivity contribution in [1.82, 2.24) is 14.8 Å². The first-order valence-corrected chi connectivity index (χ1v) is 10.2. The van der Waals surface area contributed by atoms with E-state index in [-0.39, 0.29) is 11.8 Å². The summed E-state index contributed by atoms with van der Waals surface area (Å²) in [6.07, 6.45) is 0.374. The number of rotatable bonds is 2. The number of hydrogen-bond acceptors (Lipinski definition) is 4. The highest BCUT2D eigenvalue weighted by atomic mass is 35.5. The van der Waals surface area contributed by atoms with Crippen LogP contribution in [0.15, 0.2) is 42.5 Å². The van der Waals surface area contributed by atoms with Gasteiger partial charge in [0.15, 0.2) is 0 Å². The van der Waals surface area contributed by atoms with E-state index in [4.69, 9.17) is 21.7 Å². The van der Waals surface area contributed by atoms with E-state index in [9.17, 15) is 4.79 Å². The number of halogens is 1. The lowest BCUT2D eigenvalue weighted by Gasteiger charge is -2.24. The van der Waals surface area contributed by atoms with Crippen molar-refractivity contribution < 1.29 is 4.79 Å². The Balaban J connectivity index is 1.68. The van der Waals surface area contributed by atoms with Crippen LogP contribution in [-0.2, 0) is 4.79 Å². The third kappa shape index (κ3) is 2.80. The molecule has 0 spiro atoms. The molecule has 1 atom stereocenters. The van der Waals surface area contributed by atoms with Gasteiger partial charge >= 0.3 is 0 Å². The Morgan fingerprint density at radius 2 is 2.07 bits per heavy atom. The van der Waals surface area contributed by atoms with Crippen LogP contribution >= 0.6 is 22.9 Å². The first-order chi connectivity index (χ1) is 13.5. The van der Waals surface area contributed by atoms with Crippen LogP contribution in [0.25, 0.3) is 15.3 Å². The minimum atomic E-state index is -0.0761. The normalized spacial score (nSPS) is 16.2. The summed E-state index contributed by atoms with van der Waals surface area (Å²) in [7, 11) is 0. The smallest absolute Gasteiger partial charge is 0.226 e. The second-order valence-electron chi connectivity index (χ2n) is 7.09. The van der Waals surface area contributed by atoms with Gasteiger partial charge in [0.1, 0.15) is 5.82 Å². The minimum Gasteiger partial charge on any atom is -0.310 e. The first-order valence-electron chi connectivity index (χ1n) is 9.02. The number of carbonyl (C=O) groups is 1. The molecule has 1 aliphatic heterocycles. The van der Waals surface area contributed by atoms with Crippen molar-refractivity contribution in [1.29, 1.82) is 0 Å². The maximum absolute atomic E-state index is 12.5. The van der Waals surface area contributed by atoms with Crippen molar-refractivity contribution in [2.24, 2.45) is 0 Å². The third-order valence-corrected chi connectivity index (χ3v) is 6.30. The highest BCUT2D eigenvalue weighted by Gasteiger charge is 2.33. The molecule has 1 N–H and O–H groups in total. The van der Waals surface area contributed by atoms with Crippen LogP contribution in [-0.4, -0.2) is 20.7 Å². The molecule has 4 aromatic rings. The van der Waals surface area contributed by atoms with Crippen molar-refractivity contribution in [3.63, 3.8) is 0 Å². The van der Waals surface area contributed by atoms with E-state index in [1.807, 2.05) is 43.3 Å². The number of nitrogens with one attached hydrogen (secondary N) is 1. The molecule has 140 valence electrons. The molecule has 0 radical (unpaired) electrons. The van der Waals surface area contributed by atoms with Gasteiger partial charge < -0.3 is 5.32 Å². The zero-order chi connectivity index (χ0) is 19.4. The van der Waals surface area contributed by atoms with Crippen molar-refractivity contribution in [3.05, 3.63) is 69.9 Å². The fourth-order valence-electron chi connectivity index (χ4n) is 3.80. The van der Waals surface area contributed by atoms with E-state index < -0.39 is 0 Å². The molecule has 3 heterocycles. The van der Waals surface area contributed by atoms with Gasteiger partial charge in [0.2, 0.25) is 11.0 Å². The number of hydrogen-bond donors (Lipinski definition) is 1. The Bertz CT molecular complexity index is 1240. The molecule has 2 aromatic carbocycles. The molecule has 0 bridgehead atoms. The Kier molecular flexibility index (Phi) is 4.00. The fraction of sp³-hybridized carbons (Fsp3) is 0.190. The van der Waals surface area contributed by atoms with Crippen molar-refractivity contribution in [2.75, 3.05) is 5.32 Å². The van der Waals surface area contributed by atoms with Crippen LogP contribution in [0.1, 0.15) is 34.7 Å². The molecule has 7 heteroatoms. The molecule has 1 aliphatic rings. The van der Waals surface area contributed by atoms with E-state index in [1.165, 1.54) is 5.56 Å². The molecule has 28 heavy (non-hydrogen) atoms. The maximum Gasteiger partial charge on any atom is 0.226 e. The number of aromatic nitrogens is 3. The van der Waals surface area contributed by atoms with Crippen molar-refractivity contribution >= 4 is 44.9 Å². The van der Waals surface area contributed by atoms with Gasteiger partial charge in [-0.05, 0) is 49.2 Å². The van der Waals surface area contributed by atoms with Gasteiger partial charge in [-0.25, -0.2) is 4.98 Å². The first kappa shape index (κ1) is 17.4. The summed E-state index contributed by atoms with van der Waals surface area (Å²) >= 11 is 7.76. The van der Waals surface area contributed by atoms with E-state index in [2.05, 4.69) is 18.3 Å². The zero-order valence-corrected chi connectivity index (χ0v) is 16.9. The lowest BCUT2D eigenvalue weighted by atomic mass is 9.86. The molecular formula is C21H17ClN4OS. The summed E-state index contributed by atoms with van der Waals surface area (Å²) in [5, 5.41) is 9.15. The fourth-order valence-corrected chi connectivity index (χ4v) is 5.02. The summed E-state index contributed by atoms with van der Waals surface area (Å²) in [4.78, 5) is 17.2. The summed E-state index contributed by atoms with van der Waals surface area (Å²) in [6.45, 7) is 4.04. The van der Waals surface area contributed by atoms with Gasteiger partial charge in [0.05, 0.1) is 15.9 Å². The molecule has 1 amide bonds. The molecule has 0 fully saturated rings. The summed E-state index contributed by atoms with van der Waals surface area (Å²) < 4.78 is 2.87. The highest BCUT2D eigenvalue weighted by Crippen LogP contribution is 2.41. The van der Waals surface area contributed by atoms with Gasteiger partial charge in [0, 0.05) is 22.9 Å². The molecule has 5 rings (SSSR count). The summed E-state index contributed by atoms with van der Waals surface area (Å²) in [5.41, 5.74) is 5.05. The molecule has 2 aromatic heterocycles. The molecule has 0 aliphatic carbocycles. The summed E-state index contributed by atoms with van der Waals surface area (Å²) in [5.74, 6) is 0.595. The average Bonchev–Trinajstić information content (AvgIpc) is 3.21. The molecule has 0 saturated heterocycles. The Hall–Kier alpha value is -2.70. The minimum absolute atomic E-state index is 0.0319. The number of anilines is 1. The lowest BCUT2D eigenvalue weighted by molar-refractivity contribution is -0.116. The standard InChI is InChI=1S/C21H17ClN4OS/c1-11-6-7-16-17(8-11)28-21(23-16)26-20-19(12(2)25-26)15(10-18(27)24-20)13-4-3-5-14(22)9-13/h3-9,15H,10H2,1-2H3,(H,24,27). The Morgan fingerprint density at radius 1 is 1.21 bits per heavy atom. The van der Waals surface area contributed by atoms with Gasteiger partial charge in [0.25, 0.3) is 0 Å². The lowest BCUT2D eigenvalue weighted by Crippen LogP contribution is -2.24. The number of carbonyl (C=O) groups excluding carboxylic acids is 1. The average molecular weight is 409 g/mol. The second kappa shape index (κ2) is 6.43. The van der Waals surface area contributed by atoms with Crippen LogP contribution in [0, 0.1) is 13.8 Å². The predicted molar refractivity (Wildman–Crippen MR) is 113 cm³/mol. The van der Waals surface area contributed by atoms with Crippen LogP contribution < -0.4 is 5.32 Å². The SMILES string of the molecule is Cc1ccc2nc(-n3nc(C)c4c3NC(=O)CC4c3cccc(Cl)c3)sc2c1. The largest absolute Gasteiger partial charge is 0.310 e. The molecule has 1 unspecified atom stereocenters. The number of benzene rings is 2. The number of fused-ring (bicyclic) bond motifs is 2. The Labute approximate surface area is 171 Å². The van der Waals surface area contributed by atoms with Gasteiger partial charge in [-0.2, -0.15) is 9.78 Å². The third-order valence-electron chi connectivity index (χ3n) is 5.07. The van der Waals surface area contributed by atoms with Crippen molar-refractivity contribution in [2.45, 2.75) is 26.2 Å². The molecule has 0 saturated carbocycles. The number of thiazole rings is 1. The number of aryl methyl sites for hydroxylation is 2. The maximum atomic E-state index is 12.5. The number of nitrogens with zero attached hydrogens (tertiary/aromatic N) is 3. The zero-order valence-electron chi connectivity index (χ0n) is 15.4. The van der Waals surface area contributed by atoms with Crippen molar-refractivity contribution in [3.8, 4) is 5.13 Å². The predicted octanol–water partition coefficient (Wildman–Crippen LogP) is 5.23. The van der Waals surface area contributed by atoms with E-state index >= 15 is 0 Å². The number of amides is 1. The van der Waals surface area contributed by atoms with Crippen LogP contribution in [0.4, 0.5) is 5.82 Å².